The minimum absolute atomic E-state index is 0.0867. The quantitative estimate of drug-likeness (QED) is 0.617. The molecule has 1 saturated carbocycles. The fraction of sp³-hybridized carbons (Fsp3) is 0.409. The summed E-state index contributed by atoms with van der Waals surface area (Å²) in [5.41, 5.74) is 3.31. The molecule has 1 aliphatic carbocycles. The van der Waals surface area contributed by atoms with Crippen LogP contribution in [0.3, 0.4) is 0 Å². The van der Waals surface area contributed by atoms with E-state index in [1.54, 1.807) is 33.6 Å². The number of methoxy groups -OCH3 is 1. The number of aromatic nitrogens is 3. The summed E-state index contributed by atoms with van der Waals surface area (Å²) in [6, 6.07) is 7.38. The summed E-state index contributed by atoms with van der Waals surface area (Å²) in [5, 5.41) is 7.83. The molecular formula is C22H24ClN5O3. The van der Waals surface area contributed by atoms with E-state index in [2.05, 4.69) is 10.2 Å². The Labute approximate surface area is 184 Å². The fourth-order valence-electron chi connectivity index (χ4n) is 4.41. The van der Waals surface area contributed by atoms with Crippen LogP contribution < -0.4 is 0 Å². The number of likely N-dealkylation sites (N-methyl/N-ethyl adjacent to an activating group) is 1. The number of hydrogen-bond donors (Lipinski definition) is 1. The third-order valence-corrected chi connectivity index (χ3v) is 6.81. The van der Waals surface area contributed by atoms with Crippen molar-refractivity contribution in [1.29, 1.82) is 0 Å². The van der Waals surface area contributed by atoms with Gasteiger partial charge < -0.3 is 18.9 Å². The monoisotopic (exact) mass is 441 g/mol. The molecule has 1 aliphatic heterocycles. The highest BCUT2D eigenvalue weighted by Gasteiger charge is 2.49. The summed E-state index contributed by atoms with van der Waals surface area (Å²) < 4.78 is 7.11. The Morgan fingerprint density at radius 3 is 2.87 bits per heavy atom. The number of carbonyl (C=O) groups excluding carboxylic acids is 2. The Bertz CT molecular complexity index is 1180. The van der Waals surface area contributed by atoms with E-state index in [1.165, 1.54) is 0 Å². The van der Waals surface area contributed by atoms with Crippen molar-refractivity contribution in [1.82, 2.24) is 24.4 Å². The first kappa shape index (κ1) is 20.1. The number of nitrogens with one attached hydrogen (secondary N) is 1. The summed E-state index contributed by atoms with van der Waals surface area (Å²) in [6.45, 7) is 1.41. The molecule has 1 fully saturated rings. The van der Waals surface area contributed by atoms with Crippen molar-refractivity contribution in [2.75, 3.05) is 27.3 Å². The molecule has 0 saturated heterocycles. The first-order valence-corrected chi connectivity index (χ1v) is 10.7. The van der Waals surface area contributed by atoms with E-state index in [0.717, 1.165) is 29.6 Å². The largest absolute Gasteiger partial charge is 0.382 e. The van der Waals surface area contributed by atoms with E-state index in [4.69, 9.17) is 16.3 Å². The molecule has 9 heteroatoms. The number of H-pyrrole nitrogens is 1. The number of halogens is 1. The van der Waals surface area contributed by atoms with Crippen molar-refractivity contribution in [3.05, 3.63) is 58.1 Å². The van der Waals surface area contributed by atoms with Crippen LogP contribution in [0.5, 0.6) is 0 Å². The van der Waals surface area contributed by atoms with Crippen molar-refractivity contribution in [3.63, 3.8) is 0 Å². The van der Waals surface area contributed by atoms with Crippen LogP contribution in [0.25, 0.3) is 5.52 Å². The molecule has 3 aromatic heterocycles. The van der Waals surface area contributed by atoms with Crippen LogP contribution in [-0.2, 0) is 17.7 Å². The predicted octanol–water partition coefficient (Wildman–Crippen LogP) is 2.77. The summed E-state index contributed by atoms with van der Waals surface area (Å²) in [6.07, 6.45) is 4.21. The molecule has 0 aromatic carbocycles. The molecule has 5 rings (SSSR count). The SMILES string of the molecule is COCC1(N(C)C(=O)c2[nH]nc3c2CN(C(=O)c2cc4cccc(Cl)n4c2)CC3)CC1. The van der Waals surface area contributed by atoms with Gasteiger partial charge in [-0.1, -0.05) is 17.7 Å². The Balaban J connectivity index is 1.39. The Morgan fingerprint density at radius 1 is 1.35 bits per heavy atom. The zero-order chi connectivity index (χ0) is 21.8. The van der Waals surface area contributed by atoms with Gasteiger partial charge in [0.1, 0.15) is 10.8 Å². The van der Waals surface area contributed by atoms with E-state index in [9.17, 15) is 9.59 Å². The predicted molar refractivity (Wildman–Crippen MR) is 115 cm³/mol. The molecule has 4 heterocycles. The average molecular weight is 442 g/mol. The van der Waals surface area contributed by atoms with E-state index < -0.39 is 0 Å². The number of rotatable bonds is 5. The molecule has 0 bridgehead atoms. The van der Waals surface area contributed by atoms with Crippen LogP contribution in [0.15, 0.2) is 30.5 Å². The van der Waals surface area contributed by atoms with Gasteiger partial charge in [-0.05, 0) is 31.0 Å². The van der Waals surface area contributed by atoms with Gasteiger partial charge in [-0.25, -0.2) is 0 Å². The molecule has 2 aliphatic rings. The van der Waals surface area contributed by atoms with Gasteiger partial charge in [0.15, 0.2) is 0 Å². The summed E-state index contributed by atoms with van der Waals surface area (Å²) >= 11 is 6.24. The van der Waals surface area contributed by atoms with Crippen LogP contribution >= 0.6 is 11.6 Å². The first-order valence-electron chi connectivity index (χ1n) is 10.3. The van der Waals surface area contributed by atoms with Crippen LogP contribution in [0, 0.1) is 0 Å². The molecule has 162 valence electrons. The lowest BCUT2D eigenvalue weighted by molar-refractivity contribution is 0.0541. The molecule has 0 atom stereocenters. The van der Waals surface area contributed by atoms with E-state index in [-0.39, 0.29) is 17.4 Å². The van der Waals surface area contributed by atoms with Crippen LogP contribution in [0.2, 0.25) is 5.15 Å². The number of ether oxygens (including phenoxy) is 1. The summed E-state index contributed by atoms with van der Waals surface area (Å²) in [5.74, 6) is -0.199. The number of fused-ring (bicyclic) bond motifs is 2. The number of carbonyl (C=O) groups is 2. The normalized spacial score (nSPS) is 16.9. The maximum atomic E-state index is 13.2. The molecule has 31 heavy (non-hydrogen) atoms. The van der Waals surface area contributed by atoms with Crippen molar-refractivity contribution in [2.24, 2.45) is 0 Å². The van der Waals surface area contributed by atoms with E-state index >= 15 is 0 Å². The first-order chi connectivity index (χ1) is 14.9. The minimum atomic E-state index is -0.236. The molecule has 3 aromatic rings. The summed E-state index contributed by atoms with van der Waals surface area (Å²) in [4.78, 5) is 29.9. The van der Waals surface area contributed by atoms with Crippen molar-refractivity contribution in [2.45, 2.75) is 31.3 Å². The van der Waals surface area contributed by atoms with Gasteiger partial charge in [0, 0.05) is 44.4 Å². The van der Waals surface area contributed by atoms with Crippen molar-refractivity contribution >= 4 is 28.9 Å². The van der Waals surface area contributed by atoms with Gasteiger partial charge in [-0.3, -0.25) is 14.7 Å². The van der Waals surface area contributed by atoms with Crippen molar-refractivity contribution in [3.8, 4) is 0 Å². The lowest BCUT2D eigenvalue weighted by atomic mass is 10.0. The lowest BCUT2D eigenvalue weighted by Gasteiger charge is -2.29. The van der Waals surface area contributed by atoms with E-state index in [0.29, 0.717) is 42.5 Å². The zero-order valence-electron chi connectivity index (χ0n) is 17.5. The molecular weight excluding hydrogens is 418 g/mol. The highest BCUT2D eigenvalue weighted by molar-refractivity contribution is 6.29. The average Bonchev–Trinajstić information content (AvgIpc) is 3.23. The van der Waals surface area contributed by atoms with Gasteiger partial charge in [0.05, 0.1) is 29.9 Å². The number of nitrogens with zero attached hydrogens (tertiary/aromatic N) is 4. The Morgan fingerprint density at radius 2 is 2.16 bits per heavy atom. The lowest BCUT2D eigenvalue weighted by Crippen LogP contribution is -2.43. The molecule has 0 spiro atoms. The minimum Gasteiger partial charge on any atom is -0.382 e. The van der Waals surface area contributed by atoms with Crippen LogP contribution in [-0.4, -0.2) is 69.1 Å². The van der Waals surface area contributed by atoms with Gasteiger partial charge >= 0.3 is 0 Å². The molecule has 0 radical (unpaired) electrons. The second-order valence-corrected chi connectivity index (χ2v) is 8.78. The zero-order valence-corrected chi connectivity index (χ0v) is 18.3. The van der Waals surface area contributed by atoms with Crippen LogP contribution in [0.1, 0.15) is 44.9 Å². The third-order valence-electron chi connectivity index (χ3n) is 6.51. The number of hydrogen-bond acceptors (Lipinski definition) is 4. The second-order valence-electron chi connectivity index (χ2n) is 8.39. The third kappa shape index (κ3) is 3.30. The van der Waals surface area contributed by atoms with Gasteiger partial charge in [0.2, 0.25) is 0 Å². The van der Waals surface area contributed by atoms with Crippen molar-refractivity contribution < 1.29 is 14.3 Å². The standard InChI is InChI=1S/C22H24ClN5O3/c1-26(22(7-8-22)13-31-2)21(30)19-16-12-27(9-6-17(16)24-25-19)20(29)14-10-15-4-3-5-18(23)28(15)11-14/h3-5,10-11H,6-9,12-13H2,1-2H3,(H,24,25). The maximum Gasteiger partial charge on any atom is 0.272 e. The Kier molecular flexibility index (Phi) is 4.79. The number of amides is 2. The van der Waals surface area contributed by atoms with E-state index in [1.807, 2.05) is 25.2 Å². The highest BCUT2D eigenvalue weighted by Crippen LogP contribution is 2.42. The topological polar surface area (TPSA) is 82.9 Å². The Hall–Kier alpha value is -2.84. The van der Waals surface area contributed by atoms with Gasteiger partial charge in [-0.15, -0.1) is 0 Å². The van der Waals surface area contributed by atoms with Gasteiger partial charge in [-0.2, -0.15) is 5.10 Å². The molecule has 0 unspecified atom stereocenters. The number of aromatic amines is 1. The fourth-order valence-corrected chi connectivity index (χ4v) is 4.63. The molecule has 2 amide bonds. The smallest absolute Gasteiger partial charge is 0.272 e. The molecule has 8 nitrogen and oxygen atoms in total. The molecule has 1 N–H and O–H groups in total. The highest BCUT2D eigenvalue weighted by atomic mass is 35.5. The summed E-state index contributed by atoms with van der Waals surface area (Å²) in [7, 11) is 3.46. The maximum absolute atomic E-state index is 13.2. The van der Waals surface area contributed by atoms with Gasteiger partial charge in [0.25, 0.3) is 11.8 Å². The van der Waals surface area contributed by atoms with Crippen LogP contribution in [0.4, 0.5) is 0 Å². The number of pyridine rings is 1. The second kappa shape index (κ2) is 7.39.